The van der Waals surface area contributed by atoms with E-state index in [0.29, 0.717) is 0 Å². The van der Waals surface area contributed by atoms with E-state index in [1.807, 2.05) is 0 Å². The second kappa shape index (κ2) is 9.69. The van der Waals surface area contributed by atoms with Crippen LogP contribution in [0.15, 0.2) is 164 Å². The lowest BCUT2D eigenvalue weighted by Gasteiger charge is -2.22. The van der Waals surface area contributed by atoms with Gasteiger partial charge in [0.1, 0.15) is 11.5 Å². The summed E-state index contributed by atoms with van der Waals surface area (Å²) in [5.41, 5.74) is 10.7. The molecule has 0 unspecified atom stereocenters. The highest BCUT2D eigenvalue weighted by molar-refractivity contribution is 6.13. The van der Waals surface area contributed by atoms with Gasteiger partial charge in [0.2, 0.25) is 0 Å². The molecular weight excluding hydrogens is 558 g/mol. The molecule has 0 fully saturated rings. The van der Waals surface area contributed by atoms with Crippen molar-refractivity contribution in [3.05, 3.63) is 164 Å². The van der Waals surface area contributed by atoms with Gasteiger partial charge in [-0.3, -0.25) is 0 Å². The molecule has 46 heavy (non-hydrogen) atoms. The van der Waals surface area contributed by atoms with Gasteiger partial charge in [-0.2, -0.15) is 0 Å². The van der Waals surface area contributed by atoms with Crippen molar-refractivity contribution in [2.45, 2.75) is 0 Å². The van der Waals surface area contributed by atoms with E-state index in [1.54, 1.807) is 0 Å². The van der Waals surface area contributed by atoms with Crippen molar-refractivity contribution in [3.8, 4) is 50.6 Å². The fourth-order valence-corrected chi connectivity index (χ4v) is 7.44. The lowest BCUT2D eigenvalue weighted by molar-refractivity contribution is 0.487. The van der Waals surface area contributed by atoms with Crippen molar-refractivity contribution in [2.75, 3.05) is 0 Å². The van der Waals surface area contributed by atoms with Crippen LogP contribution in [0.4, 0.5) is 0 Å². The summed E-state index contributed by atoms with van der Waals surface area (Å²) < 4.78 is 8.78. The molecule has 0 radical (unpaired) electrons. The van der Waals surface area contributed by atoms with E-state index < -0.39 is 0 Å². The number of para-hydroxylation sites is 1. The molecule has 0 atom stereocenters. The van der Waals surface area contributed by atoms with Crippen molar-refractivity contribution in [3.63, 3.8) is 0 Å². The third-order valence-electron chi connectivity index (χ3n) is 9.57. The predicted octanol–water partition coefficient (Wildman–Crippen LogP) is 12.2. The highest BCUT2D eigenvalue weighted by Gasteiger charge is 2.21. The fraction of sp³-hybridized carbons (Fsp3) is 0. The van der Waals surface area contributed by atoms with Crippen LogP contribution < -0.4 is 4.74 Å². The Hall–Kier alpha value is -6.12. The van der Waals surface area contributed by atoms with Gasteiger partial charge in [0, 0.05) is 27.4 Å². The monoisotopic (exact) mass is 585 g/mol. The van der Waals surface area contributed by atoms with Crippen LogP contribution in [0.5, 0.6) is 11.5 Å². The molecule has 8 aromatic carbocycles. The average molecular weight is 586 g/mol. The first-order chi connectivity index (χ1) is 22.8. The number of benzene rings is 8. The van der Waals surface area contributed by atoms with Crippen LogP contribution >= 0.6 is 0 Å². The Morgan fingerprint density at radius 2 is 1.02 bits per heavy atom. The zero-order valence-corrected chi connectivity index (χ0v) is 24.9. The Bertz CT molecular complexity index is 2660. The Labute approximate surface area is 266 Å². The molecule has 0 saturated carbocycles. The Morgan fingerprint density at radius 3 is 1.87 bits per heavy atom. The summed E-state index contributed by atoms with van der Waals surface area (Å²) in [6.07, 6.45) is 0. The number of rotatable bonds is 3. The van der Waals surface area contributed by atoms with E-state index in [0.717, 1.165) is 22.7 Å². The van der Waals surface area contributed by atoms with E-state index in [2.05, 4.69) is 168 Å². The van der Waals surface area contributed by atoms with Gasteiger partial charge in [-0.1, -0.05) is 115 Å². The van der Waals surface area contributed by atoms with Crippen molar-refractivity contribution >= 4 is 43.4 Å². The van der Waals surface area contributed by atoms with Gasteiger partial charge in [-0.05, 0) is 92.5 Å². The maximum Gasteiger partial charge on any atom is 0.135 e. The van der Waals surface area contributed by atoms with Gasteiger partial charge in [0.05, 0.1) is 11.0 Å². The summed E-state index contributed by atoms with van der Waals surface area (Å²) in [6, 6.07) is 59.1. The second-order valence-corrected chi connectivity index (χ2v) is 12.1. The van der Waals surface area contributed by atoms with E-state index in [-0.39, 0.29) is 0 Å². The van der Waals surface area contributed by atoms with Gasteiger partial charge < -0.3 is 9.30 Å². The van der Waals surface area contributed by atoms with Crippen LogP contribution in [0.3, 0.4) is 0 Å². The molecule has 2 heteroatoms. The molecule has 214 valence electrons. The molecule has 1 aliphatic heterocycles. The summed E-state index contributed by atoms with van der Waals surface area (Å²) in [6.45, 7) is 0. The van der Waals surface area contributed by atoms with Gasteiger partial charge in [0.25, 0.3) is 0 Å². The van der Waals surface area contributed by atoms with Gasteiger partial charge >= 0.3 is 0 Å². The van der Waals surface area contributed by atoms with Crippen LogP contribution in [-0.4, -0.2) is 4.57 Å². The van der Waals surface area contributed by atoms with E-state index in [4.69, 9.17) is 4.74 Å². The number of aromatic nitrogens is 1. The standard InChI is InChI=1S/C44H27NO/c1-2-10-31-27-41-38(25-30(31)9-1)36-15-5-6-17-40(36)45(41)33-22-19-28(20-23-33)34-13-3-4-14-35(34)32-21-24-42-39(26-32)37-16-7-11-29-12-8-18-43(46-42)44(29)37/h1-27H. The summed E-state index contributed by atoms with van der Waals surface area (Å²) in [5.74, 6) is 1.82. The summed E-state index contributed by atoms with van der Waals surface area (Å²) in [4.78, 5) is 0. The van der Waals surface area contributed by atoms with Crippen molar-refractivity contribution in [1.29, 1.82) is 0 Å². The first-order valence-corrected chi connectivity index (χ1v) is 15.8. The van der Waals surface area contributed by atoms with E-state index in [1.165, 1.54) is 71.2 Å². The smallest absolute Gasteiger partial charge is 0.135 e. The number of ether oxygens (including phenoxy) is 1. The molecule has 0 spiro atoms. The number of nitrogens with zero attached hydrogens (tertiary/aromatic N) is 1. The highest BCUT2D eigenvalue weighted by Crippen LogP contribution is 2.48. The first kappa shape index (κ1) is 25.2. The maximum absolute atomic E-state index is 6.39. The van der Waals surface area contributed by atoms with Gasteiger partial charge in [0.15, 0.2) is 0 Å². The number of hydrogen-bond donors (Lipinski definition) is 0. The third-order valence-corrected chi connectivity index (χ3v) is 9.57. The van der Waals surface area contributed by atoms with Crippen molar-refractivity contribution in [2.24, 2.45) is 0 Å². The molecule has 2 heterocycles. The van der Waals surface area contributed by atoms with Crippen molar-refractivity contribution < 1.29 is 4.74 Å². The van der Waals surface area contributed by atoms with Crippen molar-refractivity contribution in [1.82, 2.24) is 4.57 Å². The van der Waals surface area contributed by atoms with Crippen LogP contribution in [0.2, 0.25) is 0 Å². The highest BCUT2D eigenvalue weighted by atomic mass is 16.5. The topological polar surface area (TPSA) is 14.2 Å². The first-order valence-electron chi connectivity index (χ1n) is 15.8. The number of hydrogen-bond acceptors (Lipinski definition) is 1. The molecule has 0 N–H and O–H groups in total. The minimum Gasteiger partial charge on any atom is -0.456 e. The quantitative estimate of drug-likeness (QED) is 0.201. The minimum absolute atomic E-state index is 0.899. The Kier molecular flexibility index (Phi) is 5.31. The van der Waals surface area contributed by atoms with Crippen LogP contribution in [0.1, 0.15) is 0 Å². The zero-order valence-electron chi connectivity index (χ0n) is 24.9. The van der Waals surface area contributed by atoms with Crippen LogP contribution in [0.25, 0.3) is 82.4 Å². The summed E-state index contributed by atoms with van der Waals surface area (Å²) in [5, 5.41) is 7.43. The van der Waals surface area contributed by atoms with E-state index in [9.17, 15) is 0 Å². The molecule has 2 nitrogen and oxygen atoms in total. The lowest BCUT2D eigenvalue weighted by atomic mass is 9.90. The largest absolute Gasteiger partial charge is 0.456 e. The summed E-state index contributed by atoms with van der Waals surface area (Å²) >= 11 is 0. The molecular formula is C44H27NO. The Balaban J connectivity index is 1.09. The molecule has 10 rings (SSSR count). The van der Waals surface area contributed by atoms with Crippen LogP contribution in [0, 0.1) is 0 Å². The second-order valence-electron chi connectivity index (χ2n) is 12.1. The normalized spacial score (nSPS) is 12.1. The molecule has 1 aliphatic rings. The molecule has 0 bridgehead atoms. The number of fused-ring (bicyclic) bond motifs is 6. The van der Waals surface area contributed by atoms with Crippen LogP contribution in [-0.2, 0) is 0 Å². The average Bonchev–Trinajstić information content (AvgIpc) is 3.44. The van der Waals surface area contributed by atoms with Gasteiger partial charge in [-0.25, -0.2) is 0 Å². The van der Waals surface area contributed by atoms with Gasteiger partial charge in [-0.15, -0.1) is 0 Å². The Morgan fingerprint density at radius 1 is 0.370 bits per heavy atom. The molecule has 0 aliphatic carbocycles. The molecule has 9 aromatic rings. The molecule has 0 amide bonds. The third kappa shape index (κ3) is 3.71. The lowest BCUT2D eigenvalue weighted by Crippen LogP contribution is -1.97. The zero-order chi connectivity index (χ0) is 30.2. The summed E-state index contributed by atoms with van der Waals surface area (Å²) in [7, 11) is 0. The molecule has 1 aromatic heterocycles. The maximum atomic E-state index is 6.39. The minimum atomic E-state index is 0.899. The van der Waals surface area contributed by atoms with E-state index >= 15 is 0 Å². The molecule has 0 saturated heterocycles. The SMILES string of the molecule is c1ccc(-c2ccc3c(c2)-c2cccc4cccc(c24)O3)c(-c2ccc(-n3c4ccccc4c4cc5ccccc5cc43)cc2)c1. The predicted molar refractivity (Wildman–Crippen MR) is 192 cm³/mol. The fourth-order valence-electron chi connectivity index (χ4n) is 7.44.